The molecule has 5 nitrogen and oxygen atoms in total. The normalized spacial score (nSPS) is 13.8. The maximum absolute atomic E-state index is 12.8. The third kappa shape index (κ3) is 4.35. The predicted octanol–water partition coefficient (Wildman–Crippen LogP) is 3.36. The first-order valence-corrected chi connectivity index (χ1v) is 8.21. The van der Waals surface area contributed by atoms with Crippen LogP contribution in [-0.2, 0) is 9.59 Å². The SMILES string of the molecule is O=C(CCOc1ccc(F)cc1)Nc1ccccc1N1CCCC1=O. The molecule has 1 aliphatic rings. The molecule has 1 heterocycles. The molecule has 1 N–H and O–H groups in total. The highest BCUT2D eigenvalue weighted by atomic mass is 19.1. The Morgan fingerprint density at radius 1 is 1.16 bits per heavy atom. The fraction of sp³-hybridized carbons (Fsp3) is 0.263. The molecule has 0 saturated carbocycles. The van der Waals surface area contributed by atoms with Gasteiger partial charge in [-0.15, -0.1) is 0 Å². The zero-order chi connectivity index (χ0) is 17.6. The third-order valence-corrected chi connectivity index (χ3v) is 3.95. The Labute approximate surface area is 145 Å². The van der Waals surface area contributed by atoms with Crippen LogP contribution in [0.1, 0.15) is 19.3 Å². The van der Waals surface area contributed by atoms with Gasteiger partial charge in [0.2, 0.25) is 11.8 Å². The van der Waals surface area contributed by atoms with Crippen molar-refractivity contribution in [1.29, 1.82) is 0 Å². The number of hydrogen-bond acceptors (Lipinski definition) is 3. The van der Waals surface area contributed by atoms with Gasteiger partial charge in [0.05, 0.1) is 24.4 Å². The molecule has 1 fully saturated rings. The van der Waals surface area contributed by atoms with E-state index in [0.717, 1.165) is 12.1 Å². The Kier molecular flexibility index (Phi) is 5.28. The highest BCUT2D eigenvalue weighted by Crippen LogP contribution is 2.29. The molecule has 0 atom stereocenters. The van der Waals surface area contributed by atoms with Crippen LogP contribution in [0.25, 0.3) is 0 Å². The highest BCUT2D eigenvalue weighted by molar-refractivity contribution is 6.02. The second kappa shape index (κ2) is 7.79. The van der Waals surface area contributed by atoms with E-state index in [9.17, 15) is 14.0 Å². The van der Waals surface area contributed by atoms with E-state index in [-0.39, 0.29) is 30.7 Å². The molecule has 25 heavy (non-hydrogen) atoms. The number of benzene rings is 2. The number of para-hydroxylation sites is 2. The number of anilines is 2. The summed E-state index contributed by atoms with van der Waals surface area (Å²) in [5.74, 6) is 0.0398. The summed E-state index contributed by atoms with van der Waals surface area (Å²) in [4.78, 5) is 25.8. The molecule has 2 amide bonds. The summed E-state index contributed by atoms with van der Waals surface area (Å²) >= 11 is 0. The van der Waals surface area contributed by atoms with Gasteiger partial charge in [-0.05, 0) is 42.8 Å². The summed E-state index contributed by atoms with van der Waals surface area (Å²) in [6.45, 7) is 0.849. The maximum atomic E-state index is 12.8. The van der Waals surface area contributed by atoms with Gasteiger partial charge in [-0.3, -0.25) is 9.59 Å². The van der Waals surface area contributed by atoms with Crippen molar-refractivity contribution in [3.05, 3.63) is 54.3 Å². The number of hydrogen-bond donors (Lipinski definition) is 1. The predicted molar refractivity (Wildman–Crippen MR) is 93.2 cm³/mol. The Morgan fingerprint density at radius 2 is 1.92 bits per heavy atom. The summed E-state index contributed by atoms with van der Waals surface area (Å²) in [7, 11) is 0. The van der Waals surface area contributed by atoms with Crippen LogP contribution < -0.4 is 15.0 Å². The smallest absolute Gasteiger partial charge is 0.227 e. The van der Waals surface area contributed by atoms with Gasteiger partial charge < -0.3 is 15.0 Å². The number of carbonyl (C=O) groups is 2. The zero-order valence-electron chi connectivity index (χ0n) is 13.7. The standard InChI is InChI=1S/C19H19FN2O3/c20-14-7-9-15(10-8-14)25-13-11-18(23)21-16-4-1-2-5-17(16)22-12-3-6-19(22)24/h1-2,4-5,7-10H,3,6,11-13H2,(H,21,23). The van der Waals surface area contributed by atoms with Gasteiger partial charge in [-0.25, -0.2) is 4.39 Å². The minimum absolute atomic E-state index is 0.0707. The molecule has 1 aliphatic heterocycles. The quantitative estimate of drug-likeness (QED) is 0.876. The first-order valence-electron chi connectivity index (χ1n) is 8.21. The molecule has 0 radical (unpaired) electrons. The molecular weight excluding hydrogens is 323 g/mol. The van der Waals surface area contributed by atoms with E-state index in [1.165, 1.54) is 24.3 Å². The fourth-order valence-electron chi connectivity index (χ4n) is 2.72. The molecule has 3 rings (SSSR count). The molecule has 2 aromatic rings. The number of carbonyl (C=O) groups excluding carboxylic acids is 2. The third-order valence-electron chi connectivity index (χ3n) is 3.95. The number of nitrogens with one attached hydrogen (secondary N) is 1. The molecule has 0 aromatic heterocycles. The zero-order valence-corrected chi connectivity index (χ0v) is 13.7. The minimum atomic E-state index is -0.335. The lowest BCUT2D eigenvalue weighted by molar-refractivity contribution is -0.117. The van der Waals surface area contributed by atoms with E-state index >= 15 is 0 Å². The van der Waals surface area contributed by atoms with E-state index in [1.54, 1.807) is 11.0 Å². The van der Waals surface area contributed by atoms with Crippen LogP contribution in [0.3, 0.4) is 0 Å². The van der Waals surface area contributed by atoms with Crippen LogP contribution in [0.2, 0.25) is 0 Å². The average molecular weight is 342 g/mol. The number of rotatable bonds is 6. The first-order chi connectivity index (χ1) is 12.1. The van der Waals surface area contributed by atoms with Crippen LogP contribution in [0.4, 0.5) is 15.8 Å². The average Bonchev–Trinajstić information content (AvgIpc) is 3.03. The van der Waals surface area contributed by atoms with Gasteiger partial charge >= 0.3 is 0 Å². The molecule has 0 spiro atoms. The Hall–Kier alpha value is -2.89. The lowest BCUT2D eigenvalue weighted by Crippen LogP contribution is -2.25. The monoisotopic (exact) mass is 342 g/mol. The van der Waals surface area contributed by atoms with Crippen molar-refractivity contribution in [2.24, 2.45) is 0 Å². The molecule has 130 valence electrons. The van der Waals surface area contributed by atoms with Crippen molar-refractivity contribution in [2.45, 2.75) is 19.3 Å². The van der Waals surface area contributed by atoms with Crippen molar-refractivity contribution < 1.29 is 18.7 Å². The van der Waals surface area contributed by atoms with E-state index in [2.05, 4.69) is 5.32 Å². The van der Waals surface area contributed by atoms with Crippen LogP contribution in [0, 0.1) is 5.82 Å². The van der Waals surface area contributed by atoms with E-state index < -0.39 is 0 Å². The summed E-state index contributed by atoms with van der Waals surface area (Å²) in [5.41, 5.74) is 1.34. The van der Waals surface area contributed by atoms with Gasteiger partial charge in [0.15, 0.2) is 0 Å². The minimum Gasteiger partial charge on any atom is -0.493 e. The number of ether oxygens (including phenoxy) is 1. The summed E-state index contributed by atoms with van der Waals surface area (Å²) in [5, 5.41) is 2.83. The first kappa shape index (κ1) is 17.0. The Morgan fingerprint density at radius 3 is 2.64 bits per heavy atom. The topological polar surface area (TPSA) is 58.6 Å². The molecule has 0 bridgehead atoms. The molecule has 0 unspecified atom stereocenters. The van der Waals surface area contributed by atoms with Crippen molar-refractivity contribution in [3.8, 4) is 5.75 Å². The number of amides is 2. The van der Waals surface area contributed by atoms with Crippen molar-refractivity contribution in [2.75, 3.05) is 23.4 Å². The lowest BCUT2D eigenvalue weighted by atomic mass is 10.2. The van der Waals surface area contributed by atoms with E-state index in [1.807, 2.05) is 18.2 Å². The van der Waals surface area contributed by atoms with Crippen LogP contribution >= 0.6 is 0 Å². The van der Waals surface area contributed by atoms with Gasteiger partial charge in [0.25, 0.3) is 0 Å². The van der Waals surface area contributed by atoms with Crippen LogP contribution in [-0.4, -0.2) is 25.0 Å². The molecule has 1 saturated heterocycles. The van der Waals surface area contributed by atoms with E-state index in [4.69, 9.17) is 4.74 Å². The Balaban J connectivity index is 1.56. The van der Waals surface area contributed by atoms with Crippen LogP contribution in [0.15, 0.2) is 48.5 Å². The molecular formula is C19H19FN2O3. The van der Waals surface area contributed by atoms with Crippen molar-refractivity contribution in [1.82, 2.24) is 0 Å². The largest absolute Gasteiger partial charge is 0.493 e. The second-order valence-electron chi connectivity index (χ2n) is 5.77. The van der Waals surface area contributed by atoms with Gasteiger partial charge in [0, 0.05) is 13.0 Å². The molecule has 6 heteroatoms. The van der Waals surface area contributed by atoms with Gasteiger partial charge in [-0.1, -0.05) is 12.1 Å². The lowest BCUT2D eigenvalue weighted by Gasteiger charge is -2.20. The number of nitrogens with zero attached hydrogens (tertiary/aromatic N) is 1. The van der Waals surface area contributed by atoms with Crippen molar-refractivity contribution >= 4 is 23.2 Å². The van der Waals surface area contributed by atoms with E-state index in [0.29, 0.717) is 24.4 Å². The van der Waals surface area contributed by atoms with Gasteiger partial charge in [-0.2, -0.15) is 0 Å². The summed E-state index contributed by atoms with van der Waals surface area (Å²) < 4.78 is 18.2. The Bertz CT molecular complexity index is 762. The highest BCUT2D eigenvalue weighted by Gasteiger charge is 2.24. The fourth-order valence-corrected chi connectivity index (χ4v) is 2.72. The maximum Gasteiger partial charge on any atom is 0.227 e. The van der Waals surface area contributed by atoms with Crippen molar-refractivity contribution in [3.63, 3.8) is 0 Å². The summed E-state index contributed by atoms with van der Waals surface area (Å²) in [6.07, 6.45) is 1.51. The molecule has 0 aliphatic carbocycles. The van der Waals surface area contributed by atoms with Gasteiger partial charge in [0.1, 0.15) is 11.6 Å². The second-order valence-corrected chi connectivity index (χ2v) is 5.77. The molecule has 2 aromatic carbocycles. The summed E-state index contributed by atoms with van der Waals surface area (Å²) in [6, 6.07) is 12.9. The number of halogens is 1. The van der Waals surface area contributed by atoms with Crippen LogP contribution in [0.5, 0.6) is 5.75 Å².